The summed E-state index contributed by atoms with van der Waals surface area (Å²) in [7, 11) is 0. The van der Waals surface area contributed by atoms with Crippen molar-refractivity contribution >= 4 is 5.97 Å². The first-order chi connectivity index (χ1) is 13.2. The summed E-state index contributed by atoms with van der Waals surface area (Å²) in [6.45, 7) is 4.69. The van der Waals surface area contributed by atoms with Gasteiger partial charge in [-0.25, -0.2) is 4.79 Å². The van der Waals surface area contributed by atoms with Crippen LogP contribution in [0.2, 0.25) is 0 Å². The lowest BCUT2D eigenvalue weighted by atomic mass is 9.42. The van der Waals surface area contributed by atoms with Gasteiger partial charge < -0.3 is 20.1 Å². The van der Waals surface area contributed by atoms with E-state index in [9.17, 15) is 20.1 Å². The number of carbonyl (C=O) groups excluding carboxylic acids is 1. The predicted molar refractivity (Wildman–Crippen MR) is 103 cm³/mol. The van der Waals surface area contributed by atoms with Crippen LogP contribution < -0.4 is 0 Å². The van der Waals surface area contributed by atoms with Crippen molar-refractivity contribution in [3.05, 3.63) is 11.6 Å². The number of ether oxygens (including phenoxy) is 1. The SMILES string of the molecule is C[C@]12CC[C@H](O)C[C@@H]1CC[C@@H]1[C@@H]2C[C@H](O)[C@]2(C)[C@H](C3=CC(=O)OC3)CC[C@@]12O. The molecule has 0 aromatic rings. The molecule has 5 nitrogen and oxygen atoms in total. The van der Waals surface area contributed by atoms with E-state index in [2.05, 4.69) is 6.92 Å². The number of carbonyl (C=O) groups is 1. The molecule has 9 atom stereocenters. The molecule has 0 saturated heterocycles. The average molecular weight is 391 g/mol. The molecule has 0 aromatic heterocycles. The molecule has 3 N–H and O–H groups in total. The molecule has 5 aliphatic rings. The lowest BCUT2D eigenvalue weighted by Crippen LogP contribution is -2.67. The van der Waals surface area contributed by atoms with Gasteiger partial charge in [0.05, 0.1) is 17.8 Å². The molecule has 0 amide bonds. The summed E-state index contributed by atoms with van der Waals surface area (Å²) >= 11 is 0. The first-order valence-electron chi connectivity index (χ1n) is 11.2. The first kappa shape index (κ1) is 19.1. The number of esters is 1. The summed E-state index contributed by atoms with van der Waals surface area (Å²) in [6, 6.07) is 0. The Kier molecular flexibility index (Phi) is 4.12. The summed E-state index contributed by atoms with van der Waals surface area (Å²) < 4.78 is 5.16. The van der Waals surface area contributed by atoms with Crippen LogP contribution in [0.15, 0.2) is 11.6 Å². The Morgan fingerprint density at radius 1 is 1.04 bits per heavy atom. The zero-order chi connectivity index (χ0) is 19.9. The molecule has 0 unspecified atom stereocenters. The quantitative estimate of drug-likeness (QED) is 0.599. The molecule has 1 heterocycles. The van der Waals surface area contributed by atoms with Crippen LogP contribution in [0.25, 0.3) is 0 Å². The van der Waals surface area contributed by atoms with Crippen LogP contribution in [0.3, 0.4) is 0 Å². The second-order valence-electron chi connectivity index (χ2n) is 10.8. The Hall–Kier alpha value is -0.910. The maximum absolute atomic E-state index is 12.1. The zero-order valence-electron chi connectivity index (χ0n) is 17.1. The van der Waals surface area contributed by atoms with Crippen molar-refractivity contribution in [2.45, 2.75) is 83.0 Å². The maximum Gasteiger partial charge on any atom is 0.331 e. The molecule has 4 fully saturated rings. The molecule has 5 rings (SSSR count). The lowest BCUT2D eigenvalue weighted by molar-refractivity contribution is -0.244. The Labute approximate surface area is 167 Å². The maximum atomic E-state index is 12.1. The number of hydrogen-bond donors (Lipinski definition) is 3. The molecule has 4 aliphatic carbocycles. The summed E-state index contributed by atoms with van der Waals surface area (Å²) in [6.07, 6.45) is 7.69. The molecule has 0 spiro atoms. The van der Waals surface area contributed by atoms with Crippen molar-refractivity contribution in [1.82, 2.24) is 0 Å². The molecule has 1 aliphatic heterocycles. The Morgan fingerprint density at radius 2 is 1.82 bits per heavy atom. The van der Waals surface area contributed by atoms with E-state index in [1.165, 1.54) is 0 Å². The van der Waals surface area contributed by atoms with Gasteiger partial charge in [0, 0.05) is 11.5 Å². The van der Waals surface area contributed by atoms with Crippen LogP contribution >= 0.6 is 0 Å². The average Bonchev–Trinajstić information content (AvgIpc) is 3.19. The molecule has 5 heteroatoms. The van der Waals surface area contributed by atoms with Crippen molar-refractivity contribution < 1.29 is 24.9 Å². The fourth-order valence-electron chi connectivity index (χ4n) is 8.37. The Bertz CT molecular complexity index is 718. The van der Waals surface area contributed by atoms with Crippen LogP contribution in [0.5, 0.6) is 0 Å². The van der Waals surface area contributed by atoms with Gasteiger partial charge in [0.1, 0.15) is 6.61 Å². The zero-order valence-corrected chi connectivity index (χ0v) is 17.1. The Balaban J connectivity index is 1.51. The van der Waals surface area contributed by atoms with Gasteiger partial charge in [0.25, 0.3) is 0 Å². The normalized spacial score (nSPS) is 55.8. The molecule has 28 heavy (non-hydrogen) atoms. The van der Waals surface area contributed by atoms with E-state index in [-0.39, 0.29) is 29.3 Å². The number of cyclic esters (lactones) is 1. The summed E-state index contributed by atoms with van der Waals surface area (Å²) in [4.78, 5) is 11.6. The number of hydrogen-bond acceptors (Lipinski definition) is 5. The highest BCUT2D eigenvalue weighted by molar-refractivity contribution is 5.85. The standard InChI is InChI=1S/C23H34O5/c1-21-7-5-15(24)10-14(21)3-4-17-18(21)11-19(25)22(2)16(6-8-23(17,22)27)13-9-20(26)28-12-13/h9,14-19,24-25,27H,3-8,10-12H2,1-2H3/t14-,15-,16-,17+,18-,19-,21-,22-,23+/m0/s1. The third-order valence-corrected chi connectivity index (χ3v) is 10.0. The van der Waals surface area contributed by atoms with Crippen molar-refractivity contribution in [3.63, 3.8) is 0 Å². The molecular formula is C23H34O5. The minimum Gasteiger partial charge on any atom is -0.458 e. The minimum atomic E-state index is -0.906. The second-order valence-corrected chi connectivity index (χ2v) is 10.8. The van der Waals surface area contributed by atoms with Crippen LogP contribution in [-0.4, -0.2) is 45.7 Å². The van der Waals surface area contributed by atoms with Crippen molar-refractivity contribution in [1.29, 1.82) is 0 Å². The van der Waals surface area contributed by atoms with Gasteiger partial charge in [0.2, 0.25) is 0 Å². The second kappa shape index (κ2) is 6.05. The van der Waals surface area contributed by atoms with Gasteiger partial charge in [0.15, 0.2) is 0 Å². The van der Waals surface area contributed by atoms with Gasteiger partial charge >= 0.3 is 5.97 Å². The molecule has 156 valence electrons. The molecule has 0 aromatic carbocycles. The van der Waals surface area contributed by atoms with Gasteiger partial charge in [-0.15, -0.1) is 0 Å². The highest BCUT2D eigenvalue weighted by Gasteiger charge is 2.70. The molecule has 0 radical (unpaired) electrons. The fraction of sp³-hybridized carbons (Fsp3) is 0.870. The minimum absolute atomic E-state index is 0.00129. The van der Waals surface area contributed by atoms with Gasteiger partial charge in [-0.1, -0.05) is 13.8 Å². The monoisotopic (exact) mass is 390 g/mol. The first-order valence-corrected chi connectivity index (χ1v) is 11.2. The highest BCUT2D eigenvalue weighted by Crippen LogP contribution is 2.69. The number of rotatable bonds is 1. The summed E-state index contributed by atoms with van der Waals surface area (Å²) in [5.41, 5.74) is -0.507. The van der Waals surface area contributed by atoms with Gasteiger partial charge in [-0.2, -0.15) is 0 Å². The van der Waals surface area contributed by atoms with Gasteiger partial charge in [-0.05, 0) is 86.0 Å². The molecular weight excluding hydrogens is 356 g/mol. The van der Waals surface area contributed by atoms with Crippen molar-refractivity contribution in [2.24, 2.45) is 34.5 Å². The van der Waals surface area contributed by atoms with E-state index in [4.69, 9.17) is 4.74 Å². The van der Waals surface area contributed by atoms with Crippen LogP contribution in [0.1, 0.15) is 65.2 Å². The summed E-state index contributed by atoms with van der Waals surface area (Å²) in [5, 5.41) is 33.7. The number of fused-ring (bicyclic) bond motifs is 5. The van der Waals surface area contributed by atoms with E-state index in [1.54, 1.807) is 6.08 Å². The van der Waals surface area contributed by atoms with E-state index in [0.29, 0.717) is 31.3 Å². The van der Waals surface area contributed by atoms with E-state index >= 15 is 0 Å². The molecule has 0 bridgehead atoms. The molecule has 4 saturated carbocycles. The van der Waals surface area contributed by atoms with E-state index in [0.717, 1.165) is 44.1 Å². The highest BCUT2D eigenvalue weighted by atomic mass is 16.5. The van der Waals surface area contributed by atoms with Crippen LogP contribution in [0.4, 0.5) is 0 Å². The fourth-order valence-corrected chi connectivity index (χ4v) is 8.37. The van der Waals surface area contributed by atoms with E-state index in [1.807, 2.05) is 6.92 Å². The van der Waals surface area contributed by atoms with Crippen LogP contribution in [-0.2, 0) is 9.53 Å². The smallest absolute Gasteiger partial charge is 0.331 e. The van der Waals surface area contributed by atoms with Crippen molar-refractivity contribution in [2.75, 3.05) is 6.61 Å². The van der Waals surface area contributed by atoms with E-state index < -0.39 is 17.1 Å². The topological polar surface area (TPSA) is 87.0 Å². The third-order valence-electron chi connectivity index (χ3n) is 10.0. The Morgan fingerprint density at radius 3 is 2.54 bits per heavy atom. The third kappa shape index (κ3) is 2.27. The van der Waals surface area contributed by atoms with Gasteiger partial charge in [-0.3, -0.25) is 0 Å². The predicted octanol–water partition coefficient (Wildman–Crippen LogP) is 2.58. The summed E-state index contributed by atoms with van der Waals surface area (Å²) in [5.74, 6) is 0.657. The largest absolute Gasteiger partial charge is 0.458 e. The number of aliphatic hydroxyl groups excluding tert-OH is 2. The van der Waals surface area contributed by atoms with Crippen molar-refractivity contribution in [3.8, 4) is 0 Å². The lowest BCUT2D eigenvalue weighted by Gasteiger charge is -2.64. The van der Waals surface area contributed by atoms with Crippen LogP contribution in [0, 0.1) is 34.5 Å². The number of aliphatic hydroxyl groups is 3.